The molecule has 17 heteroatoms. The fraction of sp³-hybridized carbons (Fsp3) is 0.185. The quantitative estimate of drug-likeness (QED) is 0.115. The van der Waals surface area contributed by atoms with Gasteiger partial charge in [-0.15, -0.1) is 20.5 Å². The van der Waals surface area contributed by atoms with E-state index in [-0.39, 0.29) is 55.2 Å². The van der Waals surface area contributed by atoms with Crippen LogP contribution in [0.2, 0.25) is 0 Å². The topological polar surface area (TPSA) is 225 Å². The Morgan fingerprint density at radius 2 is 1.18 bits per heavy atom. The van der Waals surface area contributed by atoms with Crippen molar-refractivity contribution in [2.45, 2.75) is 28.5 Å². The third-order valence-corrected chi connectivity index (χ3v) is 10.9. The van der Waals surface area contributed by atoms with Crippen molar-refractivity contribution in [2.24, 2.45) is 20.5 Å². The Kier molecular flexibility index (Phi) is 9.06. The Morgan fingerprint density at radius 1 is 0.659 bits per heavy atom. The molecule has 4 aromatic carbocycles. The van der Waals surface area contributed by atoms with Gasteiger partial charge in [-0.2, -0.15) is 8.42 Å². The molecule has 0 heterocycles. The lowest BCUT2D eigenvalue weighted by atomic mass is 10.1. The van der Waals surface area contributed by atoms with E-state index < -0.39 is 40.4 Å². The maximum Gasteiger partial charge on any atom is 0.296 e. The van der Waals surface area contributed by atoms with E-state index in [9.17, 15) is 40.0 Å². The van der Waals surface area contributed by atoms with Crippen molar-refractivity contribution in [1.29, 1.82) is 0 Å². The maximum atomic E-state index is 12.3. The molecule has 232 valence electrons. The fourth-order valence-corrected chi connectivity index (χ4v) is 6.59. The number of nitrogens with one attached hydrogen (secondary N) is 1. The van der Waals surface area contributed by atoms with Crippen LogP contribution in [-0.2, 0) is 29.8 Å². The number of azo groups is 2. The lowest BCUT2D eigenvalue weighted by Gasteiger charge is -2.11. The SMILES string of the molecule is CCS(=O)(=O)c1ccc(N=Nc2ccc3c(N=Nc4ccc(S(=O)(=O)CC)cc4S(=O)(=O)O)c(NC)ccc3c2O)c(O)c1. The van der Waals surface area contributed by atoms with Crippen molar-refractivity contribution in [3.63, 3.8) is 0 Å². The zero-order chi connectivity index (χ0) is 32.4. The van der Waals surface area contributed by atoms with Crippen LogP contribution >= 0.6 is 0 Å². The molecule has 4 aromatic rings. The summed E-state index contributed by atoms with van der Waals surface area (Å²) in [7, 11) is -10.6. The van der Waals surface area contributed by atoms with E-state index in [4.69, 9.17) is 0 Å². The van der Waals surface area contributed by atoms with Crippen LogP contribution in [-0.4, -0.2) is 58.6 Å². The van der Waals surface area contributed by atoms with E-state index in [1.54, 1.807) is 19.2 Å². The molecule has 0 aliphatic carbocycles. The average Bonchev–Trinajstić information content (AvgIpc) is 2.99. The Bertz CT molecular complexity index is 2160. The Hall–Kier alpha value is -4.45. The van der Waals surface area contributed by atoms with Crippen LogP contribution in [0.25, 0.3) is 10.8 Å². The lowest BCUT2D eigenvalue weighted by Crippen LogP contribution is -2.06. The number of hydrogen-bond acceptors (Lipinski definition) is 13. The summed E-state index contributed by atoms with van der Waals surface area (Å²) in [5, 5.41) is 40.8. The van der Waals surface area contributed by atoms with Crippen LogP contribution in [0.5, 0.6) is 11.5 Å². The summed E-state index contributed by atoms with van der Waals surface area (Å²) in [6.45, 7) is 2.87. The van der Waals surface area contributed by atoms with Crippen molar-refractivity contribution in [2.75, 3.05) is 23.9 Å². The number of anilines is 1. The number of phenolic OH excluding ortho intramolecular Hbond substituents is 2. The molecule has 0 radical (unpaired) electrons. The molecule has 0 aromatic heterocycles. The first-order chi connectivity index (χ1) is 20.6. The van der Waals surface area contributed by atoms with Gasteiger partial charge in [0.15, 0.2) is 25.4 Å². The zero-order valence-electron chi connectivity index (χ0n) is 23.5. The summed E-state index contributed by atoms with van der Waals surface area (Å²) in [6.07, 6.45) is 0. The predicted molar refractivity (Wildman–Crippen MR) is 163 cm³/mol. The highest BCUT2D eigenvalue weighted by molar-refractivity contribution is 7.91. The van der Waals surface area contributed by atoms with Crippen molar-refractivity contribution < 1.29 is 40.0 Å². The largest absolute Gasteiger partial charge is 0.506 e. The van der Waals surface area contributed by atoms with Crippen LogP contribution < -0.4 is 5.32 Å². The molecule has 0 aliphatic heterocycles. The summed E-state index contributed by atoms with van der Waals surface area (Å²) < 4.78 is 82.5. The highest BCUT2D eigenvalue weighted by Crippen LogP contribution is 2.43. The third-order valence-electron chi connectivity index (χ3n) is 6.55. The number of nitrogens with zero attached hydrogens (tertiary/aromatic N) is 4. The van der Waals surface area contributed by atoms with E-state index in [1.807, 2.05) is 0 Å². The standard InChI is InChI=1S/C27H27N5O9S3/c1-4-42(35,36)16-6-10-20(24(33)14-16)29-31-23-13-8-18-19(27(23)34)9-12-22(28-3)26(18)32-30-21-11-7-17(43(37,38)5-2)15-25(21)44(39,40)41/h6-15,28,33-34H,4-5H2,1-3H3,(H,39,40,41). The van der Waals surface area contributed by atoms with Gasteiger partial charge < -0.3 is 15.5 Å². The summed E-state index contributed by atoms with van der Waals surface area (Å²) in [5.41, 5.74) is 0.241. The number of benzene rings is 4. The third kappa shape index (κ3) is 6.54. The predicted octanol–water partition coefficient (Wildman–Crippen LogP) is 5.96. The molecule has 0 saturated heterocycles. The Labute approximate surface area is 253 Å². The number of rotatable bonds is 10. The van der Waals surface area contributed by atoms with Gasteiger partial charge in [-0.25, -0.2) is 16.8 Å². The van der Waals surface area contributed by atoms with Crippen LogP contribution in [0.4, 0.5) is 28.4 Å². The summed E-state index contributed by atoms with van der Waals surface area (Å²) in [5.74, 6) is -1.17. The zero-order valence-corrected chi connectivity index (χ0v) is 25.9. The minimum Gasteiger partial charge on any atom is -0.506 e. The molecule has 4 rings (SSSR count). The van der Waals surface area contributed by atoms with Crippen molar-refractivity contribution in [3.8, 4) is 11.5 Å². The molecule has 0 spiro atoms. The highest BCUT2D eigenvalue weighted by Gasteiger charge is 2.22. The van der Waals surface area contributed by atoms with Crippen molar-refractivity contribution in [1.82, 2.24) is 0 Å². The molecule has 0 atom stereocenters. The van der Waals surface area contributed by atoms with Gasteiger partial charge in [0.1, 0.15) is 33.4 Å². The number of sulfone groups is 2. The number of phenols is 2. The average molecular weight is 662 g/mol. The van der Waals surface area contributed by atoms with Crippen LogP contribution in [0.3, 0.4) is 0 Å². The molecule has 0 amide bonds. The monoisotopic (exact) mass is 661 g/mol. The van der Waals surface area contributed by atoms with Gasteiger partial charge in [-0.05, 0) is 54.6 Å². The smallest absolute Gasteiger partial charge is 0.296 e. The second-order valence-electron chi connectivity index (χ2n) is 9.20. The Morgan fingerprint density at radius 3 is 1.75 bits per heavy atom. The molecular weight excluding hydrogens is 635 g/mol. The molecule has 0 aliphatic rings. The van der Waals surface area contributed by atoms with Crippen molar-refractivity contribution >= 4 is 69.0 Å². The molecule has 4 N–H and O–H groups in total. The van der Waals surface area contributed by atoms with E-state index in [2.05, 4.69) is 25.8 Å². The normalized spacial score (nSPS) is 12.8. The molecule has 0 bridgehead atoms. The number of aromatic hydroxyl groups is 2. The first-order valence-corrected chi connectivity index (χ1v) is 17.6. The molecule has 0 saturated carbocycles. The van der Waals surface area contributed by atoms with Gasteiger partial charge >= 0.3 is 0 Å². The molecule has 0 fully saturated rings. The number of fused-ring (bicyclic) bond motifs is 1. The van der Waals surface area contributed by atoms with Gasteiger partial charge in [-0.3, -0.25) is 4.55 Å². The molecule has 14 nitrogen and oxygen atoms in total. The highest BCUT2D eigenvalue weighted by atomic mass is 32.2. The summed E-state index contributed by atoms with van der Waals surface area (Å²) in [6, 6.07) is 12.8. The van der Waals surface area contributed by atoms with Crippen LogP contribution in [0, 0.1) is 0 Å². The van der Waals surface area contributed by atoms with Crippen LogP contribution in [0.15, 0.2) is 95.8 Å². The van der Waals surface area contributed by atoms with Gasteiger partial charge in [0, 0.05) is 23.9 Å². The minimum absolute atomic E-state index is 0.00337. The van der Waals surface area contributed by atoms with Gasteiger partial charge in [0.25, 0.3) is 10.1 Å². The lowest BCUT2D eigenvalue weighted by molar-refractivity contribution is 0.473. The number of hydrogen-bond donors (Lipinski definition) is 4. The van der Waals surface area contributed by atoms with Crippen LogP contribution in [0.1, 0.15) is 13.8 Å². The van der Waals surface area contributed by atoms with E-state index in [1.165, 1.54) is 38.1 Å². The summed E-state index contributed by atoms with van der Waals surface area (Å²) in [4.78, 5) is -1.14. The fourth-order valence-electron chi connectivity index (χ4n) is 4.06. The molecule has 44 heavy (non-hydrogen) atoms. The second kappa shape index (κ2) is 12.3. The first kappa shape index (κ1) is 32.5. The Balaban J connectivity index is 1.77. The molecule has 0 unspecified atom stereocenters. The maximum absolute atomic E-state index is 12.3. The molecular formula is C27H27N5O9S3. The summed E-state index contributed by atoms with van der Waals surface area (Å²) >= 11 is 0. The second-order valence-corrected chi connectivity index (χ2v) is 15.1. The van der Waals surface area contributed by atoms with E-state index in [0.717, 1.165) is 24.3 Å². The van der Waals surface area contributed by atoms with Crippen molar-refractivity contribution in [3.05, 3.63) is 60.7 Å². The van der Waals surface area contributed by atoms with Gasteiger partial charge in [0.05, 0.1) is 27.0 Å². The van der Waals surface area contributed by atoms with Gasteiger partial charge in [-0.1, -0.05) is 13.8 Å². The van der Waals surface area contributed by atoms with E-state index in [0.29, 0.717) is 11.1 Å². The minimum atomic E-state index is -4.89. The van der Waals surface area contributed by atoms with E-state index >= 15 is 0 Å². The van der Waals surface area contributed by atoms with Gasteiger partial charge in [0.2, 0.25) is 0 Å². The first-order valence-electron chi connectivity index (χ1n) is 12.8.